The van der Waals surface area contributed by atoms with E-state index < -0.39 is 5.97 Å². The minimum atomic E-state index is -1.02. The van der Waals surface area contributed by atoms with Crippen molar-refractivity contribution in [1.29, 1.82) is 0 Å². The quantitative estimate of drug-likeness (QED) is 0.694. The highest BCUT2D eigenvalue weighted by atomic mass is 16.7. The lowest BCUT2D eigenvalue weighted by atomic mass is 10.0. The number of para-hydroxylation sites is 1. The third-order valence-electron chi connectivity index (χ3n) is 3.35. The first-order valence-corrected chi connectivity index (χ1v) is 6.67. The molecular formula is C17H14O5. The molecule has 5 heteroatoms. The summed E-state index contributed by atoms with van der Waals surface area (Å²) in [5, 5.41) is 9.52. The Hall–Kier alpha value is -2.95. The van der Waals surface area contributed by atoms with E-state index in [9.17, 15) is 9.90 Å². The number of fused-ring (bicyclic) bond motifs is 1. The average Bonchev–Trinajstić information content (AvgIpc) is 3.00. The predicted octanol–water partition coefficient (Wildman–Crippen LogP) is 3.05. The summed E-state index contributed by atoms with van der Waals surface area (Å²) in [6.45, 7) is 0.150. The van der Waals surface area contributed by atoms with Crippen molar-refractivity contribution in [2.45, 2.75) is 0 Å². The Labute approximate surface area is 127 Å². The molecule has 2 aromatic carbocycles. The second kappa shape index (κ2) is 5.81. The molecule has 0 amide bonds. The molecule has 0 atom stereocenters. The van der Waals surface area contributed by atoms with E-state index in [0.29, 0.717) is 28.4 Å². The maximum absolute atomic E-state index is 11.6. The number of ether oxygens (including phenoxy) is 3. The highest BCUT2D eigenvalue weighted by Gasteiger charge is 2.18. The molecule has 0 aromatic heterocycles. The molecule has 5 nitrogen and oxygen atoms in total. The normalized spacial score (nSPS) is 13.0. The van der Waals surface area contributed by atoms with E-state index >= 15 is 0 Å². The standard InChI is InChI=1S/C17H14O5/c1-20-14-5-3-2-4-12(14)8-13(17(18)19)11-6-7-15-16(9-11)22-10-21-15/h2-9H,10H2,1H3,(H,18,19)/b13-8-. The Balaban J connectivity index is 2.06. The average molecular weight is 298 g/mol. The summed E-state index contributed by atoms with van der Waals surface area (Å²) >= 11 is 0. The molecule has 0 aliphatic carbocycles. The number of carboxylic acid groups (broad SMARTS) is 1. The molecule has 112 valence electrons. The van der Waals surface area contributed by atoms with Crippen molar-refractivity contribution < 1.29 is 24.1 Å². The molecule has 0 spiro atoms. The number of rotatable bonds is 4. The van der Waals surface area contributed by atoms with Gasteiger partial charge in [-0.05, 0) is 29.8 Å². The van der Waals surface area contributed by atoms with Gasteiger partial charge in [0.2, 0.25) is 6.79 Å². The van der Waals surface area contributed by atoms with Crippen molar-refractivity contribution in [3.8, 4) is 17.2 Å². The van der Waals surface area contributed by atoms with Gasteiger partial charge < -0.3 is 19.3 Å². The zero-order valence-corrected chi connectivity index (χ0v) is 11.9. The number of hydrogen-bond acceptors (Lipinski definition) is 4. The fourth-order valence-electron chi connectivity index (χ4n) is 2.27. The molecule has 1 aliphatic rings. The van der Waals surface area contributed by atoms with Crippen LogP contribution in [0.3, 0.4) is 0 Å². The highest BCUT2D eigenvalue weighted by Crippen LogP contribution is 2.35. The number of hydrogen-bond donors (Lipinski definition) is 1. The Morgan fingerprint density at radius 3 is 2.73 bits per heavy atom. The van der Waals surface area contributed by atoms with E-state index in [1.165, 1.54) is 0 Å². The van der Waals surface area contributed by atoms with E-state index in [4.69, 9.17) is 14.2 Å². The number of carboxylic acids is 1. The van der Waals surface area contributed by atoms with Crippen LogP contribution < -0.4 is 14.2 Å². The minimum Gasteiger partial charge on any atom is -0.496 e. The molecule has 3 rings (SSSR count). The lowest BCUT2D eigenvalue weighted by molar-refractivity contribution is -0.130. The highest BCUT2D eigenvalue weighted by molar-refractivity contribution is 6.21. The van der Waals surface area contributed by atoms with E-state index in [-0.39, 0.29) is 12.4 Å². The molecule has 1 heterocycles. The minimum absolute atomic E-state index is 0.150. The van der Waals surface area contributed by atoms with Crippen LogP contribution in [0.2, 0.25) is 0 Å². The van der Waals surface area contributed by atoms with Crippen LogP contribution in [0.4, 0.5) is 0 Å². The first-order chi connectivity index (χ1) is 10.7. The molecule has 0 fully saturated rings. The summed E-state index contributed by atoms with van der Waals surface area (Å²) < 4.78 is 15.8. The second-order valence-corrected chi connectivity index (χ2v) is 4.67. The van der Waals surface area contributed by atoms with Crippen LogP contribution in [0.25, 0.3) is 11.6 Å². The smallest absolute Gasteiger partial charge is 0.336 e. The van der Waals surface area contributed by atoms with Gasteiger partial charge in [-0.15, -0.1) is 0 Å². The van der Waals surface area contributed by atoms with Crippen molar-refractivity contribution >= 4 is 17.6 Å². The zero-order valence-electron chi connectivity index (χ0n) is 11.9. The van der Waals surface area contributed by atoms with E-state index in [2.05, 4.69) is 0 Å². The van der Waals surface area contributed by atoms with E-state index in [0.717, 1.165) is 0 Å². The number of methoxy groups -OCH3 is 1. The molecule has 0 saturated carbocycles. The van der Waals surface area contributed by atoms with Gasteiger partial charge in [0.05, 0.1) is 12.7 Å². The van der Waals surface area contributed by atoms with Crippen LogP contribution in [0.1, 0.15) is 11.1 Å². The van der Waals surface area contributed by atoms with Crippen LogP contribution >= 0.6 is 0 Å². The molecule has 1 aliphatic heterocycles. The van der Waals surface area contributed by atoms with Gasteiger partial charge in [-0.2, -0.15) is 0 Å². The SMILES string of the molecule is COc1ccccc1/C=C(\C(=O)O)c1ccc2c(c1)OCO2. The maximum Gasteiger partial charge on any atom is 0.336 e. The van der Waals surface area contributed by atoms with Gasteiger partial charge in [0.1, 0.15) is 5.75 Å². The summed E-state index contributed by atoms with van der Waals surface area (Å²) in [7, 11) is 1.55. The predicted molar refractivity (Wildman–Crippen MR) is 81.1 cm³/mol. The molecule has 0 radical (unpaired) electrons. The van der Waals surface area contributed by atoms with Crippen molar-refractivity contribution in [1.82, 2.24) is 0 Å². The molecule has 22 heavy (non-hydrogen) atoms. The van der Waals surface area contributed by atoms with Crippen molar-refractivity contribution in [3.63, 3.8) is 0 Å². The van der Waals surface area contributed by atoms with Gasteiger partial charge >= 0.3 is 5.97 Å². The Morgan fingerprint density at radius 2 is 1.95 bits per heavy atom. The van der Waals surface area contributed by atoms with Crippen LogP contribution in [0.5, 0.6) is 17.2 Å². The van der Waals surface area contributed by atoms with Gasteiger partial charge in [-0.1, -0.05) is 24.3 Å². The Bertz CT molecular complexity index is 748. The summed E-state index contributed by atoms with van der Waals surface area (Å²) in [5.41, 5.74) is 1.39. The molecule has 0 unspecified atom stereocenters. The molecule has 1 N–H and O–H groups in total. The first-order valence-electron chi connectivity index (χ1n) is 6.67. The first kappa shape index (κ1) is 14.0. The Kier molecular flexibility index (Phi) is 3.70. The van der Waals surface area contributed by atoms with Crippen LogP contribution in [-0.2, 0) is 4.79 Å². The Morgan fingerprint density at radius 1 is 1.18 bits per heavy atom. The van der Waals surface area contributed by atoms with Gasteiger partial charge in [0.25, 0.3) is 0 Å². The molecule has 0 saturated heterocycles. The number of aliphatic carboxylic acids is 1. The third kappa shape index (κ3) is 2.61. The van der Waals surface area contributed by atoms with Crippen molar-refractivity contribution in [2.24, 2.45) is 0 Å². The van der Waals surface area contributed by atoms with Gasteiger partial charge in [0.15, 0.2) is 11.5 Å². The molecular weight excluding hydrogens is 284 g/mol. The number of benzene rings is 2. The summed E-state index contributed by atoms with van der Waals surface area (Å²) in [6.07, 6.45) is 1.58. The van der Waals surface area contributed by atoms with Gasteiger partial charge in [-0.25, -0.2) is 4.79 Å². The molecule has 2 aromatic rings. The molecule has 0 bridgehead atoms. The third-order valence-corrected chi connectivity index (χ3v) is 3.35. The second-order valence-electron chi connectivity index (χ2n) is 4.67. The fourth-order valence-corrected chi connectivity index (χ4v) is 2.27. The maximum atomic E-state index is 11.6. The van der Waals surface area contributed by atoms with E-state index in [1.54, 1.807) is 43.5 Å². The van der Waals surface area contributed by atoms with Crippen LogP contribution in [0, 0.1) is 0 Å². The number of carbonyl (C=O) groups is 1. The van der Waals surface area contributed by atoms with Crippen LogP contribution in [-0.4, -0.2) is 25.0 Å². The van der Waals surface area contributed by atoms with E-state index in [1.807, 2.05) is 12.1 Å². The van der Waals surface area contributed by atoms with Crippen molar-refractivity contribution in [2.75, 3.05) is 13.9 Å². The van der Waals surface area contributed by atoms with Gasteiger partial charge in [-0.3, -0.25) is 0 Å². The van der Waals surface area contributed by atoms with Gasteiger partial charge in [0, 0.05) is 5.56 Å². The lowest BCUT2D eigenvalue weighted by Crippen LogP contribution is -2.00. The van der Waals surface area contributed by atoms with Crippen molar-refractivity contribution in [3.05, 3.63) is 53.6 Å². The zero-order chi connectivity index (χ0) is 15.5. The van der Waals surface area contributed by atoms with Crippen LogP contribution in [0.15, 0.2) is 42.5 Å². The largest absolute Gasteiger partial charge is 0.496 e. The lowest BCUT2D eigenvalue weighted by Gasteiger charge is -2.07. The summed E-state index contributed by atoms with van der Waals surface area (Å²) in [4.78, 5) is 11.6. The summed E-state index contributed by atoms with van der Waals surface area (Å²) in [6, 6.07) is 12.3. The fraction of sp³-hybridized carbons (Fsp3) is 0.118. The topological polar surface area (TPSA) is 65.0 Å². The summed E-state index contributed by atoms with van der Waals surface area (Å²) in [5.74, 6) is 0.752. The monoisotopic (exact) mass is 298 g/mol.